The minimum absolute atomic E-state index is 0.00514. The third-order valence-electron chi connectivity index (χ3n) is 6.12. The van der Waals surface area contributed by atoms with E-state index in [1.165, 1.54) is 28.7 Å². The zero-order chi connectivity index (χ0) is 30.3. The molecule has 0 aromatic carbocycles. The number of aromatic amines is 1. The molecule has 3 aromatic heterocycles. The van der Waals surface area contributed by atoms with Crippen LogP contribution in [0.3, 0.4) is 0 Å². The van der Waals surface area contributed by atoms with Crippen molar-refractivity contribution >= 4 is 34.6 Å². The maximum absolute atomic E-state index is 14.5. The fourth-order valence-electron chi connectivity index (χ4n) is 4.12. The van der Waals surface area contributed by atoms with Gasteiger partial charge in [-0.15, -0.1) is 0 Å². The van der Waals surface area contributed by atoms with E-state index in [4.69, 9.17) is 0 Å². The van der Waals surface area contributed by atoms with Crippen LogP contribution in [0.4, 0.5) is 14.9 Å². The number of carbonyl (C=O) groups is 3. The summed E-state index contributed by atoms with van der Waals surface area (Å²) < 4.78 is 20.4. The van der Waals surface area contributed by atoms with Crippen LogP contribution in [-0.4, -0.2) is 69.6 Å². The van der Waals surface area contributed by atoms with Crippen LogP contribution >= 0.6 is 0 Å². The summed E-state index contributed by atoms with van der Waals surface area (Å²) >= 11 is 0. The van der Waals surface area contributed by atoms with Gasteiger partial charge in [0, 0.05) is 20.3 Å². The van der Waals surface area contributed by atoms with E-state index >= 15 is 0 Å². The second kappa shape index (κ2) is 13.7. The van der Waals surface area contributed by atoms with Crippen LogP contribution in [0.2, 0.25) is 0 Å². The molecule has 0 fully saturated rings. The fourth-order valence-corrected chi connectivity index (χ4v) is 4.12. The fraction of sp³-hybridized carbons (Fsp3) is 0.429. The second-order valence-electron chi connectivity index (χ2n) is 10.3. The Hall–Kier alpha value is -4.55. The Kier molecular flexibility index (Phi) is 10.3. The number of ether oxygens (including phenoxy) is 1. The average Bonchev–Trinajstić information content (AvgIpc) is 3.34. The third-order valence-corrected chi connectivity index (χ3v) is 6.12. The number of H-pyrrole nitrogens is 1. The molecule has 0 aliphatic carbocycles. The Morgan fingerprint density at radius 3 is 2.66 bits per heavy atom. The number of amides is 3. The molecule has 12 nitrogen and oxygen atoms in total. The van der Waals surface area contributed by atoms with Gasteiger partial charge >= 0.3 is 6.09 Å². The number of imidazole rings is 1. The van der Waals surface area contributed by atoms with Crippen molar-refractivity contribution in [3.63, 3.8) is 0 Å². The van der Waals surface area contributed by atoms with Crippen LogP contribution in [0, 0.1) is 18.7 Å². The van der Waals surface area contributed by atoms with E-state index < -0.39 is 29.4 Å². The first-order valence-electron chi connectivity index (χ1n) is 13.2. The Balaban J connectivity index is 1.83. The van der Waals surface area contributed by atoms with Gasteiger partial charge in [0.25, 0.3) is 5.56 Å². The summed E-state index contributed by atoms with van der Waals surface area (Å²) in [5.74, 6) is -0.766. The lowest BCUT2D eigenvalue weighted by atomic mass is 10.1. The van der Waals surface area contributed by atoms with Crippen molar-refractivity contribution in [3.05, 3.63) is 63.9 Å². The van der Waals surface area contributed by atoms with Crippen LogP contribution in [-0.2, 0) is 27.3 Å². The molecular weight excluding hydrogens is 533 g/mol. The van der Waals surface area contributed by atoms with E-state index in [1.807, 2.05) is 13.8 Å². The summed E-state index contributed by atoms with van der Waals surface area (Å²) in [4.78, 5) is 63.1. The topological polar surface area (TPSA) is 151 Å². The van der Waals surface area contributed by atoms with Gasteiger partial charge in [0.2, 0.25) is 11.8 Å². The molecule has 0 saturated carbocycles. The number of nitrogens with zero attached hydrogens (tertiary/aromatic N) is 4. The van der Waals surface area contributed by atoms with Crippen molar-refractivity contribution in [1.82, 2.24) is 29.7 Å². The third kappa shape index (κ3) is 8.22. The van der Waals surface area contributed by atoms with Gasteiger partial charge in [0.15, 0.2) is 5.82 Å². The van der Waals surface area contributed by atoms with E-state index in [2.05, 4.69) is 30.3 Å². The molecule has 0 aliphatic rings. The summed E-state index contributed by atoms with van der Waals surface area (Å²) in [5.41, 5.74) is 1.48. The maximum atomic E-state index is 14.5. The number of pyridine rings is 2. The summed E-state index contributed by atoms with van der Waals surface area (Å²) in [6.07, 6.45) is 5.98. The first-order chi connectivity index (χ1) is 19.4. The Bertz CT molecular complexity index is 1510. The monoisotopic (exact) mass is 569 g/mol. The number of fused-ring (bicyclic) bond motifs is 1. The van der Waals surface area contributed by atoms with Gasteiger partial charge in [-0.25, -0.2) is 14.2 Å². The summed E-state index contributed by atoms with van der Waals surface area (Å²) in [6, 6.07) is 0.477. The van der Waals surface area contributed by atoms with Gasteiger partial charge in [-0.05, 0) is 49.8 Å². The molecule has 3 amide bonds. The van der Waals surface area contributed by atoms with Crippen LogP contribution in [0.5, 0.6) is 0 Å². The molecule has 3 aromatic rings. The Labute approximate surface area is 237 Å². The number of rotatable bonds is 11. The van der Waals surface area contributed by atoms with Crippen LogP contribution in [0.15, 0.2) is 35.4 Å². The van der Waals surface area contributed by atoms with E-state index in [0.29, 0.717) is 41.4 Å². The predicted molar refractivity (Wildman–Crippen MR) is 152 cm³/mol. The number of aryl methyl sites for hydroxylation is 1. The normalized spacial score (nSPS) is 12.1. The highest BCUT2D eigenvalue weighted by Gasteiger charge is 2.22. The van der Waals surface area contributed by atoms with Gasteiger partial charge < -0.3 is 29.8 Å². The SMILES string of the molecule is COC(=O)N[C@@H](CC/C=C/C(=O)N(C)C)C(=O)Nc1cc(C)cn(Cc2nc3c(F)cnc(CC(C)C)c3[nH]2)c1=O. The lowest BCUT2D eigenvalue weighted by molar-refractivity contribution is -0.123. The van der Waals surface area contributed by atoms with Crippen molar-refractivity contribution < 1.29 is 23.5 Å². The highest BCUT2D eigenvalue weighted by atomic mass is 19.1. The number of likely N-dealkylation sites (N-methyl/N-ethyl adjacent to an activating group) is 1. The standard InChI is InChI=1S/C28H36FN7O5/c1-16(2)11-20-25-24(18(29)13-30-20)33-22(34-25)15-36-14-17(3)12-21(27(36)39)31-26(38)19(32-28(40)41-6)9-7-8-10-23(37)35(4)5/h8,10,12-14,16,19H,7,9,11,15H2,1-6H3,(H,31,38)(H,32,40)(H,33,34)/b10-8+/t19-/m0/s1. The number of carbonyl (C=O) groups excluding carboxylic acids is 3. The molecule has 0 bridgehead atoms. The minimum atomic E-state index is -1.04. The van der Waals surface area contributed by atoms with E-state index in [0.717, 1.165) is 6.20 Å². The van der Waals surface area contributed by atoms with Crippen LogP contribution in [0.25, 0.3) is 11.0 Å². The van der Waals surface area contributed by atoms with Crippen LogP contribution in [0.1, 0.15) is 43.8 Å². The first-order valence-corrected chi connectivity index (χ1v) is 13.2. The molecule has 0 saturated heterocycles. The molecule has 3 rings (SSSR count). The molecule has 3 N–H and O–H groups in total. The number of methoxy groups -OCH3 is 1. The number of nitrogens with one attached hydrogen (secondary N) is 3. The van der Waals surface area contributed by atoms with Crippen molar-refractivity contribution in [2.75, 3.05) is 26.5 Å². The lowest BCUT2D eigenvalue weighted by Gasteiger charge is -2.18. The second-order valence-corrected chi connectivity index (χ2v) is 10.3. The van der Waals surface area contributed by atoms with Crippen molar-refractivity contribution in [3.8, 4) is 0 Å². The number of halogens is 1. The molecule has 0 aliphatic heterocycles. The quantitative estimate of drug-likeness (QED) is 0.300. The zero-order valence-electron chi connectivity index (χ0n) is 24.1. The lowest BCUT2D eigenvalue weighted by Crippen LogP contribution is -2.44. The summed E-state index contributed by atoms with van der Waals surface area (Å²) in [6.45, 7) is 5.81. The average molecular weight is 570 g/mol. The van der Waals surface area contributed by atoms with Gasteiger partial charge in [-0.3, -0.25) is 19.4 Å². The van der Waals surface area contributed by atoms with E-state index in [1.54, 1.807) is 33.3 Å². The molecule has 0 spiro atoms. The van der Waals surface area contributed by atoms with Gasteiger partial charge in [-0.2, -0.15) is 0 Å². The van der Waals surface area contributed by atoms with Crippen molar-refractivity contribution in [2.45, 2.75) is 52.6 Å². The largest absolute Gasteiger partial charge is 0.453 e. The van der Waals surface area contributed by atoms with Crippen LogP contribution < -0.4 is 16.2 Å². The smallest absolute Gasteiger partial charge is 0.407 e. The van der Waals surface area contributed by atoms with E-state index in [-0.39, 0.29) is 30.1 Å². The van der Waals surface area contributed by atoms with Gasteiger partial charge in [-0.1, -0.05) is 19.9 Å². The molecule has 0 unspecified atom stereocenters. The number of aromatic nitrogens is 4. The summed E-state index contributed by atoms with van der Waals surface area (Å²) in [5, 5.41) is 5.06. The molecular formula is C28H36FN7O5. The molecule has 220 valence electrons. The highest BCUT2D eigenvalue weighted by molar-refractivity contribution is 5.96. The molecule has 1 atom stereocenters. The number of allylic oxidation sites excluding steroid dienone is 1. The Morgan fingerprint density at radius 1 is 1.27 bits per heavy atom. The first kappa shape index (κ1) is 31.0. The minimum Gasteiger partial charge on any atom is -0.453 e. The molecule has 3 heterocycles. The zero-order valence-corrected chi connectivity index (χ0v) is 24.1. The maximum Gasteiger partial charge on any atom is 0.407 e. The molecule has 41 heavy (non-hydrogen) atoms. The van der Waals surface area contributed by atoms with Crippen molar-refractivity contribution in [1.29, 1.82) is 0 Å². The molecule has 0 radical (unpaired) electrons. The predicted octanol–water partition coefficient (Wildman–Crippen LogP) is 2.90. The molecule has 13 heteroatoms. The number of alkyl carbamates (subject to hydrolysis) is 1. The van der Waals surface area contributed by atoms with E-state index in [9.17, 15) is 23.6 Å². The van der Waals surface area contributed by atoms with Gasteiger partial charge in [0.05, 0.1) is 31.1 Å². The highest BCUT2D eigenvalue weighted by Crippen LogP contribution is 2.21. The number of hydrogen-bond acceptors (Lipinski definition) is 7. The summed E-state index contributed by atoms with van der Waals surface area (Å²) in [7, 11) is 4.40. The Morgan fingerprint density at radius 2 is 2.00 bits per heavy atom. The number of anilines is 1. The number of hydrogen-bond donors (Lipinski definition) is 3. The van der Waals surface area contributed by atoms with Gasteiger partial charge in [0.1, 0.15) is 23.1 Å². The van der Waals surface area contributed by atoms with Crippen molar-refractivity contribution in [2.24, 2.45) is 5.92 Å².